The van der Waals surface area contributed by atoms with Crippen LogP contribution < -0.4 is 0 Å². The van der Waals surface area contributed by atoms with Crippen LogP contribution in [0.15, 0.2) is 78.9 Å². The molecule has 6 fully saturated rings. The Bertz CT molecular complexity index is 1980. The molecule has 11 unspecified atom stereocenters. The third-order valence-electron chi connectivity index (χ3n) is 15.7. The Morgan fingerprint density at radius 2 is 1.13 bits per heavy atom. The highest BCUT2D eigenvalue weighted by Gasteiger charge is 2.62. The number of benzene rings is 4. The summed E-state index contributed by atoms with van der Waals surface area (Å²) in [6.45, 7) is 0. The van der Waals surface area contributed by atoms with Crippen LogP contribution in [0.1, 0.15) is 95.0 Å². The number of rotatable bonds is 2. The molecular formula is C46H50S. The lowest BCUT2D eigenvalue weighted by molar-refractivity contribution is -0.188. The summed E-state index contributed by atoms with van der Waals surface area (Å²) in [5, 5.41) is 5.56. The molecule has 1 aromatic heterocycles. The lowest BCUT2D eigenvalue weighted by Gasteiger charge is -2.67. The molecule has 0 N–H and O–H groups in total. The molecule has 0 nitrogen and oxygen atoms in total. The molecule has 6 aliphatic rings. The minimum absolute atomic E-state index is 0.746. The van der Waals surface area contributed by atoms with Gasteiger partial charge in [0.1, 0.15) is 0 Å². The van der Waals surface area contributed by atoms with E-state index in [2.05, 4.69) is 78.9 Å². The average molecular weight is 635 g/mol. The van der Waals surface area contributed by atoms with Crippen LogP contribution in [0.4, 0.5) is 0 Å². The summed E-state index contributed by atoms with van der Waals surface area (Å²) < 4.78 is 2.84. The summed E-state index contributed by atoms with van der Waals surface area (Å²) in [4.78, 5) is 0. The third kappa shape index (κ3) is 4.23. The standard InChI is InChI=1S/C46H50S/c1-2-11-32-27(8-1)18-22-40-42-26-31(20-23-43(42)47-46(32)40)29-10-5-9-28(24-29)30-19-21-35-38-16-6-14-36-33-12-3-4-13-34(33)37-15-7-17-39(41(35)25-30)45(37)44(36)38/h1-2,5,8-11,18,20,22-24,26,30,33-39,41,44-45H,3-4,6-7,12-17,19,21,25H2. The van der Waals surface area contributed by atoms with Gasteiger partial charge in [-0.25, -0.2) is 0 Å². The Kier molecular flexibility index (Phi) is 6.57. The van der Waals surface area contributed by atoms with Crippen LogP contribution in [0.2, 0.25) is 0 Å². The highest BCUT2D eigenvalue weighted by molar-refractivity contribution is 7.26. The Balaban J connectivity index is 0.918. The van der Waals surface area contributed by atoms with Gasteiger partial charge in [0.15, 0.2) is 0 Å². The average Bonchev–Trinajstić information content (AvgIpc) is 3.53. The zero-order valence-corrected chi connectivity index (χ0v) is 28.8. The van der Waals surface area contributed by atoms with Gasteiger partial charge in [-0.15, -0.1) is 11.3 Å². The first-order chi connectivity index (χ1) is 23.3. The summed E-state index contributed by atoms with van der Waals surface area (Å²) in [5.74, 6) is 11.5. The van der Waals surface area contributed by atoms with Crippen LogP contribution >= 0.6 is 11.3 Å². The van der Waals surface area contributed by atoms with Crippen molar-refractivity contribution in [2.75, 3.05) is 0 Å². The van der Waals surface area contributed by atoms with E-state index >= 15 is 0 Å². The maximum Gasteiger partial charge on any atom is 0.0433 e. The van der Waals surface area contributed by atoms with Crippen molar-refractivity contribution in [3.05, 3.63) is 84.4 Å². The maximum atomic E-state index is 2.61. The first-order valence-corrected chi connectivity index (χ1v) is 20.6. The fraction of sp³-hybridized carbons (Fsp3) is 0.522. The third-order valence-corrected chi connectivity index (χ3v) is 16.9. The largest absolute Gasteiger partial charge is 0.135 e. The van der Waals surface area contributed by atoms with Crippen molar-refractivity contribution in [1.82, 2.24) is 0 Å². The lowest BCUT2D eigenvalue weighted by atomic mass is 9.37. The molecule has 1 heteroatoms. The van der Waals surface area contributed by atoms with E-state index in [0.717, 1.165) is 65.1 Å². The van der Waals surface area contributed by atoms with Crippen molar-refractivity contribution in [3.63, 3.8) is 0 Å². The Hall–Kier alpha value is -2.64. The van der Waals surface area contributed by atoms with Gasteiger partial charge in [0, 0.05) is 20.2 Å². The number of thiophene rings is 1. The van der Waals surface area contributed by atoms with Gasteiger partial charge in [-0.3, -0.25) is 0 Å². The van der Waals surface area contributed by atoms with Crippen LogP contribution in [-0.2, 0) is 0 Å². The molecule has 0 bridgehead atoms. The Morgan fingerprint density at radius 3 is 1.91 bits per heavy atom. The predicted molar refractivity (Wildman–Crippen MR) is 200 cm³/mol. The Labute approximate surface area is 285 Å². The number of fused-ring (bicyclic) bond motifs is 11. The first kappa shape index (κ1) is 28.2. The second-order valence-corrected chi connectivity index (χ2v) is 18.3. The highest BCUT2D eigenvalue weighted by atomic mass is 32.1. The quantitative estimate of drug-likeness (QED) is 0.181. The monoisotopic (exact) mass is 634 g/mol. The smallest absolute Gasteiger partial charge is 0.0433 e. The molecule has 1 heterocycles. The molecule has 0 radical (unpaired) electrons. The maximum absolute atomic E-state index is 2.61. The van der Waals surface area contributed by atoms with Gasteiger partial charge >= 0.3 is 0 Å². The van der Waals surface area contributed by atoms with Gasteiger partial charge in [0.2, 0.25) is 0 Å². The van der Waals surface area contributed by atoms with Gasteiger partial charge in [-0.2, -0.15) is 0 Å². The summed E-state index contributed by atoms with van der Waals surface area (Å²) in [6.07, 6.45) is 20.1. The van der Waals surface area contributed by atoms with Gasteiger partial charge in [0.25, 0.3) is 0 Å². The van der Waals surface area contributed by atoms with Crippen LogP contribution in [0.25, 0.3) is 42.1 Å². The van der Waals surface area contributed by atoms with Gasteiger partial charge in [0.05, 0.1) is 0 Å². The van der Waals surface area contributed by atoms with Crippen LogP contribution in [0, 0.1) is 59.2 Å². The van der Waals surface area contributed by atoms with Crippen LogP contribution in [0.5, 0.6) is 0 Å². The van der Waals surface area contributed by atoms with E-state index in [1.165, 1.54) is 80.6 Å². The van der Waals surface area contributed by atoms with Crippen LogP contribution in [-0.4, -0.2) is 0 Å². The first-order valence-electron chi connectivity index (χ1n) is 19.7. The number of hydrogen-bond acceptors (Lipinski definition) is 1. The summed E-state index contributed by atoms with van der Waals surface area (Å²) in [6, 6.07) is 30.7. The van der Waals surface area contributed by atoms with Gasteiger partial charge in [-0.1, -0.05) is 92.4 Å². The van der Waals surface area contributed by atoms with E-state index in [9.17, 15) is 0 Å². The molecule has 5 aromatic rings. The molecule has 0 amide bonds. The predicted octanol–water partition coefficient (Wildman–Crippen LogP) is 13.3. The van der Waals surface area contributed by atoms with E-state index in [1.807, 2.05) is 11.3 Å². The molecule has 240 valence electrons. The highest BCUT2D eigenvalue weighted by Crippen LogP contribution is 2.69. The molecule has 0 spiro atoms. The molecule has 11 rings (SSSR count). The summed E-state index contributed by atoms with van der Waals surface area (Å²) in [7, 11) is 0. The Morgan fingerprint density at radius 1 is 0.447 bits per heavy atom. The minimum atomic E-state index is 0.746. The molecule has 0 aliphatic heterocycles. The number of hydrogen-bond donors (Lipinski definition) is 0. The summed E-state index contributed by atoms with van der Waals surface area (Å²) >= 11 is 1.96. The van der Waals surface area contributed by atoms with Gasteiger partial charge < -0.3 is 0 Å². The summed E-state index contributed by atoms with van der Waals surface area (Å²) in [5.41, 5.74) is 4.43. The van der Waals surface area contributed by atoms with E-state index in [1.54, 1.807) is 50.5 Å². The van der Waals surface area contributed by atoms with E-state index in [4.69, 9.17) is 0 Å². The van der Waals surface area contributed by atoms with Gasteiger partial charge in [-0.05, 0) is 162 Å². The zero-order valence-electron chi connectivity index (χ0n) is 28.0. The SMILES string of the molecule is c1cc(-c2ccc3sc4c5ccccc5ccc4c3c2)cc(C2CCC3C(C2)C2CCCC4C5CCCCC5C5CCCC3C5C42)c1. The van der Waals surface area contributed by atoms with Crippen molar-refractivity contribution in [2.45, 2.75) is 89.4 Å². The molecular weight excluding hydrogens is 585 g/mol. The fourth-order valence-electron chi connectivity index (χ4n) is 14.2. The lowest BCUT2D eigenvalue weighted by Crippen LogP contribution is -2.61. The van der Waals surface area contributed by atoms with Crippen molar-refractivity contribution >= 4 is 42.3 Å². The van der Waals surface area contributed by atoms with E-state index in [0.29, 0.717) is 0 Å². The topological polar surface area (TPSA) is 0 Å². The van der Waals surface area contributed by atoms with Crippen molar-refractivity contribution < 1.29 is 0 Å². The molecule has 11 atom stereocenters. The molecule has 0 saturated heterocycles. The second-order valence-electron chi connectivity index (χ2n) is 17.2. The molecule has 6 saturated carbocycles. The van der Waals surface area contributed by atoms with E-state index in [-0.39, 0.29) is 0 Å². The molecule has 47 heavy (non-hydrogen) atoms. The second kappa shape index (κ2) is 10.9. The normalized spacial score (nSPS) is 37.7. The minimum Gasteiger partial charge on any atom is -0.135 e. The molecule has 6 aliphatic carbocycles. The van der Waals surface area contributed by atoms with Crippen LogP contribution in [0.3, 0.4) is 0 Å². The fourth-order valence-corrected chi connectivity index (χ4v) is 15.4. The van der Waals surface area contributed by atoms with E-state index < -0.39 is 0 Å². The van der Waals surface area contributed by atoms with Crippen molar-refractivity contribution in [1.29, 1.82) is 0 Å². The van der Waals surface area contributed by atoms with Crippen molar-refractivity contribution in [2.24, 2.45) is 59.2 Å². The zero-order chi connectivity index (χ0) is 30.6. The van der Waals surface area contributed by atoms with Crippen molar-refractivity contribution in [3.8, 4) is 11.1 Å². The molecule has 4 aromatic carbocycles.